The number of hydrazine groups is 1. The molecule has 2 saturated heterocycles. The summed E-state index contributed by atoms with van der Waals surface area (Å²) in [5, 5.41) is 21.7. The minimum absolute atomic E-state index is 0.00783. The highest BCUT2D eigenvalue weighted by Gasteiger charge is 2.31. The fourth-order valence-electron chi connectivity index (χ4n) is 6.03. The molecule has 240 valence electrons. The molecule has 0 atom stereocenters. The third kappa shape index (κ3) is 5.97. The molecule has 4 aromatic rings. The van der Waals surface area contributed by atoms with Crippen molar-refractivity contribution < 1.29 is 36.9 Å². The van der Waals surface area contributed by atoms with Gasteiger partial charge in [0.15, 0.2) is 17.4 Å². The summed E-state index contributed by atoms with van der Waals surface area (Å²) in [5.41, 5.74) is 4.87. The van der Waals surface area contributed by atoms with Crippen molar-refractivity contribution in [2.75, 3.05) is 24.6 Å². The van der Waals surface area contributed by atoms with Crippen LogP contribution in [-0.4, -0.2) is 53.0 Å². The van der Waals surface area contributed by atoms with Crippen molar-refractivity contribution in [1.82, 2.24) is 15.3 Å². The summed E-state index contributed by atoms with van der Waals surface area (Å²) in [6, 6.07) is 13.1. The third-order valence-electron chi connectivity index (χ3n) is 8.33. The first-order valence-electron chi connectivity index (χ1n) is 14.6. The SMILES string of the molecule is CC(=O)N1CCC(c2cc3[nH]c(C(O)=C4CNN(c5c(C)cc(Oc6ccccc6F)cc5F)C4=N)cc3cc2OC(F)F)CC1. The van der Waals surface area contributed by atoms with Gasteiger partial charge in [-0.2, -0.15) is 8.78 Å². The van der Waals surface area contributed by atoms with Gasteiger partial charge in [0.2, 0.25) is 5.91 Å². The molecule has 13 heteroatoms. The molecule has 0 radical (unpaired) electrons. The number of para-hydroxylation sites is 1. The molecular weight excluding hydrogens is 606 g/mol. The Hall–Kier alpha value is -5.04. The van der Waals surface area contributed by atoms with Crippen LogP contribution in [0.2, 0.25) is 0 Å². The Balaban J connectivity index is 1.27. The second-order valence-electron chi connectivity index (χ2n) is 11.3. The van der Waals surface area contributed by atoms with Gasteiger partial charge in [0.1, 0.15) is 23.1 Å². The molecule has 2 aliphatic rings. The number of aromatic amines is 1. The number of amidine groups is 1. The van der Waals surface area contributed by atoms with Crippen molar-refractivity contribution in [2.24, 2.45) is 0 Å². The number of alkyl halides is 2. The van der Waals surface area contributed by atoms with Gasteiger partial charge in [-0.05, 0) is 73.2 Å². The molecule has 1 amide bonds. The number of halogens is 4. The van der Waals surface area contributed by atoms with E-state index in [-0.39, 0.29) is 64.2 Å². The third-order valence-corrected chi connectivity index (χ3v) is 8.33. The van der Waals surface area contributed by atoms with Crippen LogP contribution in [0.1, 0.15) is 42.5 Å². The Bertz CT molecular complexity index is 1840. The van der Waals surface area contributed by atoms with Crippen LogP contribution >= 0.6 is 0 Å². The number of amides is 1. The number of nitrogens with zero attached hydrogens (tertiary/aromatic N) is 2. The number of carbonyl (C=O) groups excluding carboxylic acids is 1. The van der Waals surface area contributed by atoms with Crippen LogP contribution in [0, 0.1) is 24.0 Å². The van der Waals surface area contributed by atoms with Gasteiger partial charge in [-0.15, -0.1) is 0 Å². The first kappa shape index (κ1) is 31.0. The maximum absolute atomic E-state index is 15.4. The Labute approximate surface area is 261 Å². The zero-order chi connectivity index (χ0) is 32.7. The molecule has 9 nitrogen and oxygen atoms in total. The lowest BCUT2D eigenvalue weighted by molar-refractivity contribution is -0.129. The number of aliphatic hydroxyl groups excluding tert-OH is 1. The summed E-state index contributed by atoms with van der Waals surface area (Å²) in [6.07, 6.45) is 1.16. The average molecular weight is 638 g/mol. The monoisotopic (exact) mass is 637 g/mol. The number of nitrogens with one attached hydrogen (secondary N) is 3. The predicted molar refractivity (Wildman–Crippen MR) is 165 cm³/mol. The number of H-pyrrole nitrogens is 1. The highest BCUT2D eigenvalue weighted by Crippen LogP contribution is 2.39. The number of aromatic nitrogens is 1. The van der Waals surface area contributed by atoms with Crippen molar-refractivity contribution in [3.63, 3.8) is 0 Å². The van der Waals surface area contributed by atoms with E-state index < -0.39 is 18.2 Å². The standard InChI is InChI=1S/C33H31F4N5O4/c1-17-11-21(45-28-6-4-3-5-24(28)34)14-25(35)30(17)42-32(38)23(16-39-42)31(44)27-12-20-13-29(46-33(36)37)22(15-26(20)40-27)19-7-9-41(10-8-19)18(2)43/h3-6,11-15,19,33,38-40,44H,7-10,16H2,1-2H3. The summed E-state index contributed by atoms with van der Waals surface area (Å²) < 4.78 is 66.6. The van der Waals surface area contributed by atoms with E-state index in [1.165, 1.54) is 42.3 Å². The first-order chi connectivity index (χ1) is 22.0. The number of aryl methyl sites for hydroxylation is 1. The van der Waals surface area contributed by atoms with Gasteiger partial charge < -0.3 is 24.5 Å². The van der Waals surface area contributed by atoms with Crippen LogP contribution in [0.15, 0.2) is 60.2 Å². The average Bonchev–Trinajstić information content (AvgIpc) is 3.60. The molecule has 2 fully saturated rings. The van der Waals surface area contributed by atoms with E-state index in [0.29, 0.717) is 48.0 Å². The fourth-order valence-corrected chi connectivity index (χ4v) is 6.03. The normalized spacial score (nSPS) is 16.9. The zero-order valence-electron chi connectivity index (χ0n) is 25.0. The summed E-state index contributed by atoms with van der Waals surface area (Å²) in [5.74, 6) is -1.93. The van der Waals surface area contributed by atoms with Crippen LogP contribution in [0.3, 0.4) is 0 Å². The lowest BCUT2D eigenvalue weighted by Gasteiger charge is -2.32. The van der Waals surface area contributed by atoms with E-state index in [1.807, 2.05) is 0 Å². The molecule has 2 aliphatic heterocycles. The van der Waals surface area contributed by atoms with Crippen molar-refractivity contribution >= 4 is 34.1 Å². The van der Waals surface area contributed by atoms with E-state index in [0.717, 1.165) is 6.07 Å². The Morgan fingerprint density at radius 2 is 1.78 bits per heavy atom. The van der Waals surface area contributed by atoms with Gasteiger partial charge in [0, 0.05) is 43.5 Å². The Kier molecular flexibility index (Phi) is 8.34. The highest BCUT2D eigenvalue weighted by molar-refractivity contribution is 6.13. The van der Waals surface area contributed by atoms with Crippen LogP contribution in [0.5, 0.6) is 17.2 Å². The fraction of sp³-hybridized carbons (Fsp3) is 0.273. The summed E-state index contributed by atoms with van der Waals surface area (Å²) in [6.45, 7) is 1.07. The van der Waals surface area contributed by atoms with Crippen molar-refractivity contribution in [1.29, 1.82) is 5.41 Å². The van der Waals surface area contributed by atoms with Crippen LogP contribution in [0.4, 0.5) is 23.2 Å². The Morgan fingerprint density at radius 1 is 1.04 bits per heavy atom. The number of piperidine rings is 1. The second-order valence-corrected chi connectivity index (χ2v) is 11.3. The van der Waals surface area contributed by atoms with E-state index in [4.69, 9.17) is 14.9 Å². The van der Waals surface area contributed by atoms with Gasteiger partial charge >= 0.3 is 6.61 Å². The smallest absolute Gasteiger partial charge is 0.387 e. The molecule has 0 bridgehead atoms. The van der Waals surface area contributed by atoms with E-state index >= 15 is 4.39 Å². The van der Waals surface area contributed by atoms with Gasteiger partial charge in [0.25, 0.3) is 0 Å². The topological polar surface area (TPSA) is 114 Å². The number of anilines is 1. The van der Waals surface area contributed by atoms with Crippen molar-refractivity contribution in [3.8, 4) is 17.2 Å². The Morgan fingerprint density at radius 3 is 2.46 bits per heavy atom. The molecule has 4 N–H and O–H groups in total. The van der Waals surface area contributed by atoms with Crippen molar-refractivity contribution in [3.05, 3.63) is 88.6 Å². The van der Waals surface area contributed by atoms with Crippen LogP contribution < -0.4 is 19.9 Å². The van der Waals surface area contributed by atoms with Crippen LogP contribution in [-0.2, 0) is 4.79 Å². The number of aliphatic hydroxyl groups is 1. The summed E-state index contributed by atoms with van der Waals surface area (Å²) in [7, 11) is 0. The van der Waals surface area contributed by atoms with Crippen LogP contribution in [0.25, 0.3) is 16.7 Å². The molecule has 1 aromatic heterocycles. The second kappa shape index (κ2) is 12.4. The molecule has 0 saturated carbocycles. The van der Waals surface area contributed by atoms with E-state index in [9.17, 15) is 23.1 Å². The molecule has 6 rings (SSSR count). The number of hydrogen-bond acceptors (Lipinski definition) is 6. The number of rotatable bonds is 7. The summed E-state index contributed by atoms with van der Waals surface area (Å²) in [4.78, 5) is 16.6. The number of ether oxygens (including phenoxy) is 2. The molecule has 0 spiro atoms. The molecule has 0 aliphatic carbocycles. The largest absolute Gasteiger partial charge is 0.505 e. The van der Waals surface area contributed by atoms with Gasteiger partial charge in [0.05, 0.1) is 17.0 Å². The maximum Gasteiger partial charge on any atom is 0.387 e. The molecule has 3 heterocycles. The lowest BCUT2D eigenvalue weighted by atomic mass is 9.88. The van der Waals surface area contributed by atoms with E-state index in [1.54, 1.807) is 30.0 Å². The highest BCUT2D eigenvalue weighted by atomic mass is 19.3. The molecular formula is C33H31F4N5O4. The predicted octanol–water partition coefficient (Wildman–Crippen LogP) is 7.15. The van der Waals surface area contributed by atoms with Gasteiger partial charge in [-0.1, -0.05) is 12.1 Å². The number of benzene rings is 3. The minimum Gasteiger partial charge on any atom is -0.505 e. The number of likely N-dealkylation sites (tertiary alicyclic amines) is 1. The minimum atomic E-state index is -3.04. The van der Waals surface area contributed by atoms with Gasteiger partial charge in [-0.25, -0.2) is 14.2 Å². The van der Waals surface area contributed by atoms with E-state index in [2.05, 4.69) is 10.4 Å². The van der Waals surface area contributed by atoms with Crippen molar-refractivity contribution in [2.45, 2.75) is 39.2 Å². The first-order valence-corrected chi connectivity index (χ1v) is 14.6. The van der Waals surface area contributed by atoms with Gasteiger partial charge in [-0.3, -0.25) is 15.2 Å². The number of carbonyl (C=O) groups is 1. The number of hydrogen-bond donors (Lipinski definition) is 4. The maximum atomic E-state index is 15.4. The quantitative estimate of drug-likeness (QED) is 0.127. The zero-order valence-corrected chi connectivity index (χ0v) is 25.0. The molecule has 3 aromatic carbocycles. The summed E-state index contributed by atoms with van der Waals surface area (Å²) >= 11 is 0. The molecule has 0 unspecified atom stereocenters. The number of fused-ring (bicyclic) bond motifs is 1. The molecule has 46 heavy (non-hydrogen) atoms. The lowest BCUT2D eigenvalue weighted by Crippen LogP contribution is -2.36.